The van der Waals surface area contributed by atoms with E-state index in [0.29, 0.717) is 0 Å². The molecule has 1 aromatic rings. The van der Waals surface area contributed by atoms with Crippen LogP contribution in [0.15, 0.2) is 94.8 Å². The molecule has 1 aromatic carbocycles. The Hall–Kier alpha value is -3.33. The summed E-state index contributed by atoms with van der Waals surface area (Å²) in [5.41, 5.74) is 11.2. The zero-order valence-electron chi connectivity index (χ0n) is 24.7. The molecule has 0 saturated heterocycles. The van der Waals surface area contributed by atoms with Crippen molar-refractivity contribution in [3.63, 3.8) is 0 Å². The van der Waals surface area contributed by atoms with Crippen molar-refractivity contribution in [2.24, 2.45) is 5.41 Å². The van der Waals surface area contributed by atoms with E-state index in [1.165, 1.54) is 55.4 Å². The molecule has 2 aliphatic rings. The summed E-state index contributed by atoms with van der Waals surface area (Å²) in [5, 5.41) is 6.32. The average molecular weight is 497 g/mol. The van der Waals surface area contributed by atoms with Gasteiger partial charge >= 0.3 is 0 Å². The van der Waals surface area contributed by atoms with Crippen LogP contribution in [0.1, 0.15) is 48.0 Å². The largest absolute Gasteiger partial charge is 0.388 e. The number of allylic oxidation sites excluding steroid dienone is 11. The van der Waals surface area contributed by atoms with Crippen LogP contribution in [0.25, 0.3) is 11.3 Å². The number of nitrogens with zero attached hydrogens (tertiary/aromatic N) is 2. The standard InChI is InChI=1S/C34H45N3/c1-12-35-33-29-16-14-13-15-28(29)30(22-34(33,6)7)32(26-17-19-27(20-18-26)37(10)11)31(23(2)3)24(4)21-25(5)36(8)9/h13-21H,2,12,22H2,1,3-11H3/p+1/b25-21+,31-24+. The van der Waals surface area contributed by atoms with E-state index in [1.54, 1.807) is 0 Å². The fourth-order valence-electron chi connectivity index (χ4n) is 5.35. The van der Waals surface area contributed by atoms with Crippen LogP contribution in [-0.4, -0.2) is 49.9 Å². The molecule has 0 heterocycles. The van der Waals surface area contributed by atoms with E-state index >= 15 is 0 Å². The predicted octanol–water partition coefficient (Wildman–Crippen LogP) is 5.48. The Kier molecular flexibility index (Phi) is 8.68. The molecule has 0 amide bonds. The van der Waals surface area contributed by atoms with E-state index in [2.05, 4.69) is 146 Å². The van der Waals surface area contributed by atoms with Crippen molar-refractivity contribution in [3.05, 3.63) is 105 Å². The first-order valence-electron chi connectivity index (χ1n) is 13.3. The van der Waals surface area contributed by atoms with Crippen molar-refractivity contribution in [1.82, 2.24) is 10.2 Å². The Morgan fingerprint density at radius 2 is 1.62 bits per heavy atom. The smallest absolute Gasteiger partial charge is 0.199 e. The quantitative estimate of drug-likeness (QED) is 0.398. The zero-order valence-corrected chi connectivity index (χ0v) is 24.7. The molecule has 0 saturated carbocycles. The van der Waals surface area contributed by atoms with E-state index in [9.17, 15) is 0 Å². The van der Waals surface area contributed by atoms with Gasteiger partial charge in [0.25, 0.3) is 0 Å². The molecule has 3 heteroatoms. The molecule has 0 atom stereocenters. The van der Waals surface area contributed by atoms with Gasteiger partial charge in [0.1, 0.15) is 14.1 Å². The van der Waals surface area contributed by atoms with Crippen LogP contribution in [0.2, 0.25) is 0 Å². The van der Waals surface area contributed by atoms with E-state index in [-0.39, 0.29) is 5.41 Å². The lowest BCUT2D eigenvalue weighted by Crippen LogP contribution is -2.44. The minimum absolute atomic E-state index is 0.0298. The van der Waals surface area contributed by atoms with Gasteiger partial charge in [-0.2, -0.15) is 0 Å². The molecular weight excluding hydrogens is 450 g/mol. The molecular formula is C34H46N3+. The maximum atomic E-state index is 4.49. The highest BCUT2D eigenvalue weighted by atomic mass is 15.1. The van der Waals surface area contributed by atoms with Gasteiger partial charge in [0.15, 0.2) is 5.71 Å². The molecule has 0 aliphatic heterocycles. The summed E-state index contributed by atoms with van der Waals surface area (Å²) < 4.78 is 2.15. The predicted molar refractivity (Wildman–Crippen MR) is 162 cm³/mol. The Morgan fingerprint density at radius 3 is 2.14 bits per heavy atom. The topological polar surface area (TPSA) is 18.3 Å². The molecule has 0 spiro atoms. The van der Waals surface area contributed by atoms with Gasteiger partial charge < -0.3 is 10.2 Å². The van der Waals surface area contributed by atoms with Gasteiger partial charge in [-0.05, 0) is 85.4 Å². The summed E-state index contributed by atoms with van der Waals surface area (Å²) in [5.74, 6) is 0. The van der Waals surface area contributed by atoms with Crippen LogP contribution in [0.5, 0.6) is 0 Å². The molecule has 0 unspecified atom stereocenters. The SMILES string of the molecule is C=C(C)/C(C(=C1C=CC(=[N+](C)C)C=C1)C1=c2ccccc2=C(NCC)C(C)(C)C1)=C(C)\C=C(/C)N(C)C. The first-order chi connectivity index (χ1) is 17.4. The van der Waals surface area contributed by atoms with Gasteiger partial charge in [0.05, 0.1) is 0 Å². The summed E-state index contributed by atoms with van der Waals surface area (Å²) in [7, 11) is 8.36. The molecule has 0 fully saturated rings. The van der Waals surface area contributed by atoms with Crippen LogP contribution in [0.4, 0.5) is 0 Å². The summed E-state index contributed by atoms with van der Waals surface area (Å²) in [6.07, 6.45) is 12.2. The van der Waals surface area contributed by atoms with Crippen LogP contribution in [-0.2, 0) is 0 Å². The van der Waals surface area contributed by atoms with Crippen LogP contribution in [0.3, 0.4) is 0 Å². The lowest BCUT2D eigenvalue weighted by atomic mass is 9.72. The number of fused-ring (bicyclic) bond motifs is 1. The molecule has 2 aliphatic carbocycles. The molecule has 3 nitrogen and oxygen atoms in total. The van der Waals surface area contributed by atoms with Crippen molar-refractivity contribution in [2.75, 3.05) is 34.7 Å². The highest BCUT2D eigenvalue weighted by molar-refractivity contribution is 6.03. The molecule has 37 heavy (non-hydrogen) atoms. The van der Waals surface area contributed by atoms with E-state index in [1.807, 2.05) is 0 Å². The van der Waals surface area contributed by atoms with Crippen molar-refractivity contribution in [1.29, 1.82) is 0 Å². The monoisotopic (exact) mass is 496 g/mol. The van der Waals surface area contributed by atoms with Gasteiger partial charge in [-0.15, -0.1) is 0 Å². The number of nitrogens with one attached hydrogen (secondary N) is 1. The molecule has 0 aromatic heterocycles. The second kappa shape index (κ2) is 11.4. The zero-order chi connectivity index (χ0) is 27.5. The number of benzene rings is 1. The van der Waals surface area contributed by atoms with E-state index in [4.69, 9.17) is 0 Å². The summed E-state index contributed by atoms with van der Waals surface area (Å²) in [4.78, 5) is 2.16. The highest BCUT2D eigenvalue weighted by Gasteiger charge is 2.32. The van der Waals surface area contributed by atoms with Crippen molar-refractivity contribution in [3.8, 4) is 0 Å². The first-order valence-corrected chi connectivity index (χ1v) is 13.3. The molecule has 1 N–H and O–H groups in total. The Balaban J connectivity index is 2.54. The van der Waals surface area contributed by atoms with Gasteiger partial charge in [-0.25, -0.2) is 4.58 Å². The van der Waals surface area contributed by atoms with Crippen LogP contribution in [0, 0.1) is 5.41 Å². The minimum Gasteiger partial charge on any atom is -0.388 e. The normalized spacial score (nSPS) is 17.4. The number of rotatable bonds is 7. The van der Waals surface area contributed by atoms with Crippen molar-refractivity contribution >= 4 is 17.0 Å². The fourth-order valence-corrected chi connectivity index (χ4v) is 5.35. The van der Waals surface area contributed by atoms with Gasteiger partial charge in [-0.3, -0.25) is 0 Å². The van der Waals surface area contributed by atoms with E-state index < -0.39 is 0 Å². The summed E-state index contributed by atoms with van der Waals surface area (Å²) >= 11 is 0. The third kappa shape index (κ3) is 5.98. The third-order valence-electron chi connectivity index (χ3n) is 7.35. The second-order valence-corrected chi connectivity index (χ2v) is 11.3. The fraction of sp³-hybridized carbons (Fsp3) is 0.382. The van der Waals surface area contributed by atoms with Gasteiger partial charge in [-0.1, -0.05) is 50.3 Å². The van der Waals surface area contributed by atoms with Gasteiger partial charge in [0.2, 0.25) is 0 Å². The maximum Gasteiger partial charge on any atom is 0.199 e. The Morgan fingerprint density at radius 1 is 1.03 bits per heavy atom. The van der Waals surface area contributed by atoms with Crippen molar-refractivity contribution < 1.29 is 4.58 Å². The lowest BCUT2D eigenvalue weighted by molar-refractivity contribution is -0.462. The Labute approximate surface area is 225 Å². The highest BCUT2D eigenvalue weighted by Crippen LogP contribution is 2.42. The summed E-state index contributed by atoms with van der Waals surface area (Å²) in [6.45, 7) is 18.8. The third-order valence-corrected chi connectivity index (χ3v) is 7.35. The average Bonchev–Trinajstić information content (AvgIpc) is 2.83. The lowest BCUT2D eigenvalue weighted by Gasteiger charge is -2.35. The van der Waals surface area contributed by atoms with Gasteiger partial charge in [0, 0.05) is 54.8 Å². The minimum atomic E-state index is -0.0298. The Bertz CT molecular complexity index is 1380. The molecule has 0 bridgehead atoms. The molecule has 196 valence electrons. The van der Waals surface area contributed by atoms with Crippen LogP contribution >= 0.6 is 0 Å². The summed E-state index contributed by atoms with van der Waals surface area (Å²) in [6, 6.07) is 8.89. The molecule has 0 radical (unpaired) electrons. The number of hydrogen-bond acceptors (Lipinski definition) is 2. The van der Waals surface area contributed by atoms with Crippen LogP contribution < -0.4 is 15.8 Å². The number of hydrogen-bond donors (Lipinski definition) is 1. The molecule has 3 rings (SSSR count). The first kappa shape index (κ1) is 28.2. The van der Waals surface area contributed by atoms with E-state index in [0.717, 1.165) is 18.5 Å². The maximum absolute atomic E-state index is 4.49. The second-order valence-electron chi connectivity index (χ2n) is 11.3. The van der Waals surface area contributed by atoms with Crippen molar-refractivity contribution in [2.45, 2.75) is 48.0 Å².